The lowest BCUT2D eigenvalue weighted by Gasteiger charge is -1.97. The molecule has 0 saturated heterocycles. The number of aromatic nitrogens is 1. The molecule has 1 rings (SSSR count). The monoisotopic (exact) mass is 201 g/mol. The first-order chi connectivity index (χ1) is 6.35. The molecule has 0 aliphatic heterocycles. The van der Waals surface area contributed by atoms with Gasteiger partial charge >= 0.3 is 0 Å². The van der Waals surface area contributed by atoms with Crippen molar-refractivity contribution in [1.29, 1.82) is 0 Å². The van der Waals surface area contributed by atoms with Crippen molar-refractivity contribution in [1.82, 2.24) is 4.98 Å². The van der Waals surface area contributed by atoms with Crippen molar-refractivity contribution in [2.45, 2.75) is 40.0 Å². The number of nitrogens with zero attached hydrogens (tertiary/aromatic N) is 1. The van der Waals surface area contributed by atoms with E-state index in [0.29, 0.717) is 0 Å². The Morgan fingerprint density at radius 3 is 2.54 bits per heavy atom. The van der Waals surface area contributed by atoms with Gasteiger partial charge in [-0.3, -0.25) is 0 Å². The summed E-state index contributed by atoms with van der Waals surface area (Å²) in [6.45, 7) is 7.19. The number of ether oxygens (including phenoxy) is 1. The molecule has 76 valence electrons. The van der Waals surface area contributed by atoms with E-state index in [1.165, 1.54) is 12.8 Å². The standard InChI is InChI=1S/C7H11NOS.C3H8/c1-2-3-5-9-7-8-4-6-10-7;1-3-2/h4,6H,2-3,5H2,1H3;3H2,1-2H3. The first-order valence-corrected chi connectivity index (χ1v) is 5.75. The third kappa shape index (κ3) is 7.78. The van der Waals surface area contributed by atoms with Gasteiger partial charge in [0.05, 0.1) is 6.61 Å². The third-order valence-electron chi connectivity index (χ3n) is 1.13. The van der Waals surface area contributed by atoms with Gasteiger partial charge in [-0.05, 0) is 6.42 Å². The predicted octanol–water partition coefficient (Wildman–Crippen LogP) is 3.74. The van der Waals surface area contributed by atoms with E-state index in [-0.39, 0.29) is 0 Å². The fourth-order valence-corrected chi connectivity index (χ4v) is 1.10. The maximum atomic E-state index is 5.29. The first kappa shape index (κ1) is 12.4. The zero-order chi connectivity index (χ0) is 9.94. The van der Waals surface area contributed by atoms with E-state index in [1.807, 2.05) is 5.38 Å². The van der Waals surface area contributed by atoms with Gasteiger partial charge in [0.2, 0.25) is 0 Å². The van der Waals surface area contributed by atoms with Crippen molar-refractivity contribution in [3.05, 3.63) is 11.6 Å². The van der Waals surface area contributed by atoms with E-state index in [1.54, 1.807) is 17.5 Å². The Kier molecular flexibility index (Phi) is 9.10. The summed E-state index contributed by atoms with van der Waals surface area (Å²) in [5.41, 5.74) is 0. The lowest BCUT2D eigenvalue weighted by Crippen LogP contribution is -1.94. The molecule has 0 aromatic carbocycles. The minimum atomic E-state index is 0.786. The average Bonchev–Trinajstić information content (AvgIpc) is 2.59. The van der Waals surface area contributed by atoms with Crippen LogP contribution in [0.25, 0.3) is 0 Å². The molecule has 0 bridgehead atoms. The summed E-state index contributed by atoms with van der Waals surface area (Å²) in [6.07, 6.45) is 5.29. The highest BCUT2D eigenvalue weighted by molar-refractivity contribution is 7.11. The maximum absolute atomic E-state index is 5.29. The van der Waals surface area contributed by atoms with Gasteiger partial charge < -0.3 is 4.74 Å². The van der Waals surface area contributed by atoms with Crippen molar-refractivity contribution in [3.8, 4) is 5.19 Å². The Labute approximate surface area is 85.0 Å². The molecule has 13 heavy (non-hydrogen) atoms. The number of hydrogen-bond acceptors (Lipinski definition) is 3. The molecular formula is C10H19NOS. The van der Waals surface area contributed by atoms with Crippen molar-refractivity contribution in [2.75, 3.05) is 6.61 Å². The topological polar surface area (TPSA) is 22.1 Å². The van der Waals surface area contributed by atoms with Crippen LogP contribution in [0.1, 0.15) is 40.0 Å². The van der Waals surface area contributed by atoms with Crippen molar-refractivity contribution in [2.24, 2.45) is 0 Å². The van der Waals surface area contributed by atoms with Gasteiger partial charge in [0, 0.05) is 11.6 Å². The highest BCUT2D eigenvalue weighted by Gasteiger charge is 1.92. The maximum Gasteiger partial charge on any atom is 0.273 e. The van der Waals surface area contributed by atoms with Crippen LogP contribution in [0.3, 0.4) is 0 Å². The van der Waals surface area contributed by atoms with Gasteiger partial charge in [0.25, 0.3) is 5.19 Å². The van der Waals surface area contributed by atoms with Gasteiger partial charge in [-0.15, -0.1) is 0 Å². The summed E-state index contributed by atoms with van der Waals surface area (Å²) < 4.78 is 5.29. The van der Waals surface area contributed by atoms with E-state index < -0.39 is 0 Å². The average molecular weight is 201 g/mol. The van der Waals surface area contributed by atoms with E-state index in [4.69, 9.17) is 4.74 Å². The Hall–Kier alpha value is -0.570. The summed E-state index contributed by atoms with van der Waals surface area (Å²) in [7, 11) is 0. The molecule has 0 aliphatic carbocycles. The highest BCUT2D eigenvalue weighted by atomic mass is 32.1. The van der Waals surface area contributed by atoms with Crippen LogP contribution in [0.2, 0.25) is 0 Å². The smallest absolute Gasteiger partial charge is 0.273 e. The van der Waals surface area contributed by atoms with Gasteiger partial charge in [0.1, 0.15) is 0 Å². The second kappa shape index (κ2) is 9.52. The molecule has 0 fully saturated rings. The van der Waals surface area contributed by atoms with Gasteiger partial charge in [-0.25, -0.2) is 4.98 Å². The van der Waals surface area contributed by atoms with Gasteiger partial charge in [-0.2, -0.15) is 0 Å². The van der Waals surface area contributed by atoms with Crippen molar-refractivity contribution >= 4 is 11.3 Å². The molecule has 1 heterocycles. The van der Waals surface area contributed by atoms with Crippen LogP contribution in [-0.2, 0) is 0 Å². The third-order valence-corrected chi connectivity index (χ3v) is 1.82. The zero-order valence-electron chi connectivity index (χ0n) is 8.75. The Balaban J connectivity index is 0.000000424. The lowest BCUT2D eigenvalue weighted by molar-refractivity contribution is 0.308. The Bertz CT molecular complexity index is 175. The molecule has 0 atom stereocenters. The van der Waals surface area contributed by atoms with Gasteiger partial charge in [0.15, 0.2) is 0 Å². The van der Waals surface area contributed by atoms with Crippen LogP contribution in [0.15, 0.2) is 11.6 Å². The molecule has 0 radical (unpaired) electrons. The van der Waals surface area contributed by atoms with Crippen LogP contribution in [-0.4, -0.2) is 11.6 Å². The molecule has 0 unspecified atom stereocenters. The minimum Gasteiger partial charge on any atom is -0.470 e. The minimum absolute atomic E-state index is 0.786. The van der Waals surface area contributed by atoms with E-state index >= 15 is 0 Å². The second-order valence-electron chi connectivity index (χ2n) is 2.71. The molecule has 0 saturated carbocycles. The van der Waals surface area contributed by atoms with Crippen molar-refractivity contribution in [3.63, 3.8) is 0 Å². The molecule has 0 aliphatic rings. The fourth-order valence-electron chi connectivity index (χ4n) is 0.585. The SMILES string of the molecule is CCC.CCCCOc1nccs1. The summed E-state index contributed by atoms with van der Waals surface area (Å²) >= 11 is 1.54. The lowest BCUT2D eigenvalue weighted by atomic mass is 10.4. The van der Waals surface area contributed by atoms with Crippen LogP contribution in [0.4, 0.5) is 0 Å². The van der Waals surface area contributed by atoms with E-state index in [9.17, 15) is 0 Å². The molecule has 0 N–H and O–H groups in total. The summed E-state index contributed by atoms with van der Waals surface area (Å²) in [5, 5.41) is 2.70. The second-order valence-corrected chi connectivity index (χ2v) is 3.56. The molecule has 0 spiro atoms. The van der Waals surface area contributed by atoms with Crippen LogP contribution in [0, 0.1) is 0 Å². The van der Waals surface area contributed by atoms with Crippen LogP contribution < -0.4 is 4.74 Å². The van der Waals surface area contributed by atoms with Crippen LogP contribution in [0.5, 0.6) is 5.19 Å². The molecule has 1 aromatic rings. The largest absolute Gasteiger partial charge is 0.470 e. The van der Waals surface area contributed by atoms with E-state index in [2.05, 4.69) is 25.8 Å². The Morgan fingerprint density at radius 2 is 2.08 bits per heavy atom. The number of thiazole rings is 1. The molecular weight excluding hydrogens is 182 g/mol. The number of unbranched alkanes of at least 4 members (excludes halogenated alkanes) is 1. The number of rotatable bonds is 4. The number of hydrogen-bond donors (Lipinski definition) is 0. The normalized spacial score (nSPS) is 8.85. The summed E-state index contributed by atoms with van der Waals surface area (Å²) in [4.78, 5) is 3.98. The Morgan fingerprint density at radius 1 is 1.38 bits per heavy atom. The van der Waals surface area contributed by atoms with E-state index in [0.717, 1.165) is 18.2 Å². The molecule has 2 nitrogen and oxygen atoms in total. The van der Waals surface area contributed by atoms with Crippen LogP contribution >= 0.6 is 11.3 Å². The fraction of sp³-hybridized carbons (Fsp3) is 0.700. The summed E-state index contributed by atoms with van der Waals surface area (Å²) in [5.74, 6) is 0. The molecule has 1 aromatic heterocycles. The van der Waals surface area contributed by atoms with Crippen molar-refractivity contribution < 1.29 is 4.74 Å². The zero-order valence-corrected chi connectivity index (χ0v) is 9.56. The predicted molar refractivity (Wildman–Crippen MR) is 58.5 cm³/mol. The molecule has 3 heteroatoms. The van der Waals surface area contributed by atoms with Gasteiger partial charge in [-0.1, -0.05) is 44.9 Å². The first-order valence-electron chi connectivity index (χ1n) is 4.87. The highest BCUT2D eigenvalue weighted by Crippen LogP contribution is 2.13. The molecule has 0 amide bonds. The summed E-state index contributed by atoms with van der Waals surface area (Å²) in [6, 6.07) is 0. The quantitative estimate of drug-likeness (QED) is 0.692.